The highest BCUT2D eigenvalue weighted by molar-refractivity contribution is 5.61. The van der Waals surface area contributed by atoms with Crippen molar-refractivity contribution < 1.29 is 9.63 Å². The van der Waals surface area contributed by atoms with E-state index in [4.69, 9.17) is 4.52 Å². The molecule has 0 saturated heterocycles. The molecule has 3 heterocycles. The third-order valence-corrected chi connectivity index (χ3v) is 3.40. The van der Waals surface area contributed by atoms with Crippen molar-refractivity contribution in [1.82, 2.24) is 25.1 Å². The SMILES string of the molecule is Cc1noc(C)c1Cn1nnc(CO)c1-c1ccncc1. The summed E-state index contributed by atoms with van der Waals surface area (Å²) in [5.41, 5.74) is 4.02. The first-order valence-corrected chi connectivity index (χ1v) is 6.56. The number of aryl methyl sites for hydroxylation is 2. The zero-order valence-electron chi connectivity index (χ0n) is 11.8. The summed E-state index contributed by atoms with van der Waals surface area (Å²) in [7, 11) is 0. The van der Waals surface area contributed by atoms with Crippen LogP contribution in [-0.2, 0) is 13.2 Å². The number of rotatable bonds is 4. The fourth-order valence-corrected chi connectivity index (χ4v) is 2.27. The Morgan fingerprint density at radius 3 is 2.62 bits per heavy atom. The average molecular weight is 285 g/mol. The topological polar surface area (TPSA) is 89.9 Å². The van der Waals surface area contributed by atoms with Gasteiger partial charge in [-0.2, -0.15) is 0 Å². The van der Waals surface area contributed by atoms with E-state index in [9.17, 15) is 5.11 Å². The molecule has 0 amide bonds. The third-order valence-electron chi connectivity index (χ3n) is 3.40. The number of aromatic nitrogens is 5. The van der Waals surface area contributed by atoms with Crippen molar-refractivity contribution in [3.8, 4) is 11.3 Å². The monoisotopic (exact) mass is 285 g/mol. The summed E-state index contributed by atoms with van der Waals surface area (Å²) < 4.78 is 6.92. The lowest BCUT2D eigenvalue weighted by atomic mass is 10.1. The Morgan fingerprint density at radius 1 is 1.24 bits per heavy atom. The molecule has 7 heteroatoms. The van der Waals surface area contributed by atoms with Crippen molar-refractivity contribution in [2.75, 3.05) is 0 Å². The number of hydrogen-bond donors (Lipinski definition) is 1. The molecule has 0 unspecified atom stereocenters. The van der Waals surface area contributed by atoms with Crippen LogP contribution in [0.2, 0.25) is 0 Å². The van der Waals surface area contributed by atoms with Crippen LogP contribution >= 0.6 is 0 Å². The molecule has 1 N–H and O–H groups in total. The van der Waals surface area contributed by atoms with Gasteiger partial charge in [0.2, 0.25) is 0 Å². The van der Waals surface area contributed by atoms with Gasteiger partial charge in [-0.3, -0.25) is 4.98 Å². The first-order valence-electron chi connectivity index (χ1n) is 6.56. The van der Waals surface area contributed by atoms with Gasteiger partial charge in [0.15, 0.2) is 0 Å². The smallest absolute Gasteiger partial charge is 0.138 e. The lowest BCUT2D eigenvalue weighted by molar-refractivity contribution is 0.277. The molecule has 0 atom stereocenters. The first kappa shape index (κ1) is 13.4. The van der Waals surface area contributed by atoms with E-state index in [0.717, 1.165) is 28.3 Å². The van der Waals surface area contributed by atoms with Gasteiger partial charge in [0, 0.05) is 23.5 Å². The minimum atomic E-state index is -0.167. The molecule has 0 aliphatic rings. The second-order valence-electron chi connectivity index (χ2n) is 4.74. The van der Waals surface area contributed by atoms with E-state index in [1.54, 1.807) is 17.1 Å². The first-order chi connectivity index (χ1) is 10.2. The standard InChI is InChI=1S/C14H15N5O2/c1-9-12(10(2)21-17-9)7-19-14(13(8-20)16-18-19)11-3-5-15-6-4-11/h3-6,20H,7-8H2,1-2H3. The fourth-order valence-electron chi connectivity index (χ4n) is 2.27. The Kier molecular flexibility index (Phi) is 3.49. The summed E-state index contributed by atoms with van der Waals surface area (Å²) in [6.07, 6.45) is 3.40. The van der Waals surface area contributed by atoms with Crippen LogP contribution in [0.25, 0.3) is 11.3 Å². The minimum Gasteiger partial charge on any atom is -0.390 e. The van der Waals surface area contributed by atoms with Gasteiger partial charge in [0.05, 0.1) is 24.5 Å². The molecule has 7 nitrogen and oxygen atoms in total. The Bertz CT molecular complexity index is 729. The van der Waals surface area contributed by atoms with Gasteiger partial charge in [-0.05, 0) is 26.0 Å². The molecule has 0 bridgehead atoms. The van der Waals surface area contributed by atoms with Crippen molar-refractivity contribution in [2.45, 2.75) is 27.0 Å². The van der Waals surface area contributed by atoms with Crippen LogP contribution in [0.15, 0.2) is 29.0 Å². The molecule has 3 aromatic rings. The van der Waals surface area contributed by atoms with E-state index in [-0.39, 0.29) is 6.61 Å². The Morgan fingerprint density at radius 2 is 2.00 bits per heavy atom. The van der Waals surface area contributed by atoms with Crippen LogP contribution in [-0.4, -0.2) is 30.2 Å². The summed E-state index contributed by atoms with van der Waals surface area (Å²) in [4.78, 5) is 4.01. The summed E-state index contributed by atoms with van der Waals surface area (Å²) in [5, 5.41) is 21.6. The number of nitrogens with zero attached hydrogens (tertiary/aromatic N) is 5. The van der Waals surface area contributed by atoms with Crippen molar-refractivity contribution in [3.05, 3.63) is 47.2 Å². The molecule has 3 aromatic heterocycles. The quantitative estimate of drug-likeness (QED) is 0.781. The zero-order valence-corrected chi connectivity index (χ0v) is 11.8. The predicted molar refractivity (Wildman–Crippen MR) is 74.3 cm³/mol. The Labute approximate surface area is 121 Å². The Hall–Kier alpha value is -2.54. The van der Waals surface area contributed by atoms with Gasteiger partial charge in [-0.15, -0.1) is 5.10 Å². The molecular weight excluding hydrogens is 270 g/mol. The third kappa shape index (κ3) is 2.43. The summed E-state index contributed by atoms with van der Waals surface area (Å²) in [6.45, 7) is 4.08. The lowest BCUT2D eigenvalue weighted by Crippen LogP contribution is -2.06. The van der Waals surface area contributed by atoms with Crippen LogP contribution < -0.4 is 0 Å². The van der Waals surface area contributed by atoms with Crippen molar-refractivity contribution in [2.24, 2.45) is 0 Å². The van der Waals surface area contributed by atoms with Gasteiger partial charge >= 0.3 is 0 Å². The molecule has 0 fully saturated rings. The van der Waals surface area contributed by atoms with Gasteiger partial charge in [-0.1, -0.05) is 10.4 Å². The van der Waals surface area contributed by atoms with Crippen LogP contribution in [0.4, 0.5) is 0 Å². The number of aliphatic hydroxyl groups is 1. The molecule has 21 heavy (non-hydrogen) atoms. The van der Waals surface area contributed by atoms with E-state index in [2.05, 4.69) is 20.5 Å². The highest BCUT2D eigenvalue weighted by atomic mass is 16.5. The van der Waals surface area contributed by atoms with Crippen LogP contribution in [0.3, 0.4) is 0 Å². The van der Waals surface area contributed by atoms with Crippen molar-refractivity contribution >= 4 is 0 Å². The number of hydrogen-bond acceptors (Lipinski definition) is 6. The van der Waals surface area contributed by atoms with Crippen LogP contribution in [0.1, 0.15) is 22.7 Å². The summed E-state index contributed by atoms with van der Waals surface area (Å²) in [6, 6.07) is 3.73. The molecule has 0 aromatic carbocycles. The molecule has 3 rings (SSSR count). The average Bonchev–Trinajstić information content (AvgIpc) is 3.06. The highest BCUT2D eigenvalue weighted by Crippen LogP contribution is 2.23. The van der Waals surface area contributed by atoms with E-state index in [0.29, 0.717) is 12.2 Å². The molecule has 0 spiro atoms. The van der Waals surface area contributed by atoms with E-state index >= 15 is 0 Å². The van der Waals surface area contributed by atoms with Gasteiger partial charge < -0.3 is 9.63 Å². The van der Waals surface area contributed by atoms with Gasteiger partial charge in [-0.25, -0.2) is 4.68 Å². The van der Waals surface area contributed by atoms with Crippen LogP contribution in [0.5, 0.6) is 0 Å². The number of aliphatic hydroxyl groups excluding tert-OH is 1. The summed E-state index contributed by atoms with van der Waals surface area (Å²) in [5.74, 6) is 0.759. The second kappa shape index (κ2) is 5.45. The predicted octanol–water partition coefficient (Wildman–Crippen LogP) is 1.49. The molecular formula is C14H15N5O2. The molecule has 0 aliphatic heterocycles. The largest absolute Gasteiger partial charge is 0.390 e. The van der Waals surface area contributed by atoms with Crippen molar-refractivity contribution in [3.63, 3.8) is 0 Å². The molecule has 0 aliphatic carbocycles. The van der Waals surface area contributed by atoms with E-state index in [1.165, 1.54) is 0 Å². The van der Waals surface area contributed by atoms with E-state index < -0.39 is 0 Å². The van der Waals surface area contributed by atoms with Crippen molar-refractivity contribution in [1.29, 1.82) is 0 Å². The maximum Gasteiger partial charge on any atom is 0.138 e. The van der Waals surface area contributed by atoms with Crippen LogP contribution in [0, 0.1) is 13.8 Å². The summed E-state index contributed by atoms with van der Waals surface area (Å²) >= 11 is 0. The highest BCUT2D eigenvalue weighted by Gasteiger charge is 2.17. The minimum absolute atomic E-state index is 0.167. The maximum atomic E-state index is 9.47. The lowest BCUT2D eigenvalue weighted by Gasteiger charge is -2.07. The Balaban J connectivity index is 2.06. The number of pyridine rings is 1. The van der Waals surface area contributed by atoms with E-state index in [1.807, 2.05) is 26.0 Å². The molecule has 108 valence electrons. The maximum absolute atomic E-state index is 9.47. The zero-order chi connectivity index (χ0) is 14.8. The second-order valence-corrected chi connectivity index (χ2v) is 4.74. The normalized spacial score (nSPS) is 11.0. The van der Waals surface area contributed by atoms with Gasteiger partial charge in [0.25, 0.3) is 0 Å². The molecule has 0 radical (unpaired) electrons. The van der Waals surface area contributed by atoms with Gasteiger partial charge in [0.1, 0.15) is 11.5 Å². The fraction of sp³-hybridized carbons (Fsp3) is 0.286. The molecule has 0 saturated carbocycles.